The van der Waals surface area contributed by atoms with Crippen LogP contribution in [0.25, 0.3) is 0 Å². The van der Waals surface area contributed by atoms with Gasteiger partial charge in [-0.3, -0.25) is 9.78 Å². The van der Waals surface area contributed by atoms with Gasteiger partial charge in [0.15, 0.2) is 0 Å². The highest BCUT2D eigenvalue weighted by Crippen LogP contribution is 2.10. The van der Waals surface area contributed by atoms with Gasteiger partial charge >= 0.3 is 0 Å². The second-order valence-electron chi connectivity index (χ2n) is 6.41. The van der Waals surface area contributed by atoms with Gasteiger partial charge in [-0.1, -0.05) is 0 Å². The van der Waals surface area contributed by atoms with Crippen LogP contribution in [-0.4, -0.2) is 29.1 Å². The topological polar surface area (TPSA) is 63.2 Å². The zero-order valence-electron chi connectivity index (χ0n) is 13.7. The lowest BCUT2D eigenvalue weighted by Gasteiger charge is -2.20. The molecule has 0 atom stereocenters. The van der Waals surface area contributed by atoms with Crippen molar-refractivity contribution in [2.75, 3.05) is 6.61 Å². The third kappa shape index (κ3) is 8.30. The number of nitrogens with one attached hydrogen (secondary N) is 2. The largest absolute Gasteiger partial charge is 0.491 e. The summed E-state index contributed by atoms with van der Waals surface area (Å²) in [6, 6.07) is 3.98. The number of amides is 1. The van der Waals surface area contributed by atoms with Crippen LogP contribution in [0.1, 0.15) is 46.7 Å². The van der Waals surface area contributed by atoms with E-state index in [1.54, 1.807) is 6.20 Å². The number of carbonyl (C=O) groups is 1. The number of rotatable bonds is 7. The fourth-order valence-electron chi connectivity index (χ4n) is 1.61. The molecule has 0 aliphatic rings. The van der Waals surface area contributed by atoms with Gasteiger partial charge in [0.2, 0.25) is 5.91 Å². The van der Waals surface area contributed by atoms with Gasteiger partial charge in [0.05, 0.1) is 24.9 Å². The highest BCUT2D eigenvalue weighted by Gasteiger charge is 2.09. The molecule has 0 aliphatic carbocycles. The molecule has 2 N–H and O–H groups in total. The lowest BCUT2D eigenvalue weighted by Crippen LogP contribution is -2.35. The third-order valence-corrected chi connectivity index (χ3v) is 2.64. The van der Waals surface area contributed by atoms with E-state index in [1.807, 2.05) is 26.0 Å². The predicted octanol–water partition coefficient (Wildman–Crippen LogP) is 2.26. The standard InChI is InChI=1S/C16H27N3O2/c1-12(2)19-15(20)8-9-21-14-7-6-13(17-11-14)10-18-16(3,4)5/h6-7,11-12,18H,8-10H2,1-5H3,(H,19,20). The van der Waals surface area contributed by atoms with E-state index in [4.69, 9.17) is 4.74 Å². The number of hydrogen-bond donors (Lipinski definition) is 2. The molecule has 1 aromatic heterocycles. The van der Waals surface area contributed by atoms with Gasteiger partial charge in [0.1, 0.15) is 5.75 Å². The van der Waals surface area contributed by atoms with Crippen molar-refractivity contribution in [1.29, 1.82) is 0 Å². The van der Waals surface area contributed by atoms with Crippen molar-refractivity contribution >= 4 is 5.91 Å². The first-order valence-electron chi connectivity index (χ1n) is 7.38. The maximum absolute atomic E-state index is 11.5. The zero-order valence-corrected chi connectivity index (χ0v) is 13.7. The quantitative estimate of drug-likeness (QED) is 0.809. The van der Waals surface area contributed by atoms with E-state index in [-0.39, 0.29) is 17.5 Å². The molecule has 1 heterocycles. The molecule has 0 spiro atoms. The Kier molecular flexibility index (Phi) is 6.62. The molecule has 1 rings (SSSR count). The molecule has 1 amide bonds. The minimum absolute atomic E-state index is 0.00366. The lowest BCUT2D eigenvalue weighted by atomic mass is 10.1. The van der Waals surface area contributed by atoms with Crippen LogP contribution in [0.5, 0.6) is 5.75 Å². The molecular formula is C16H27N3O2. The summed E-state index contributed by atoms with van der Waals surface area (Å²) >= 11 is 0. The molecule has 0 saturated heterocycles. The highest BCUT2D eigenvalue weighted by molar-refractivity contribution is 5.76. The van der Waals surface area contributed by atoms with Crippen molar-refractivity contribution in [2.24, 2.45) is 0 Å². The van der Waals surface area contributed by atoms with Crippen molar-refractivity contribution in [3.8, 4) is 5.75 Å². The Bertz CT molecular complexity index is 436. The van der Waals surface area contributed by atoms with Crippen molar-refractivity contribution in [2.45, 2.75) is 59.2 Å². The van der Waals surface area contributed by atoms with E-state index < -0.39 is 0 Å². The average molecular weight is 293 g/mol. The predicted molar refractivity (Wildman–Crippen MR) is 84.2 cm³/mol. The van der Waals surface area contributed by atoms with Crippen LogP contribution >= 0.6 is 0 Å². The highest BCUT2D eigenvalue weighted by atomic mass is 16.5. The fourth-order valence-corrected chi connectivity index (χ4v) is 1.61. The van der Waals surface area contributed by atoms with Gasteiger partial charge < -0.3 is 15.4 Å². The number of hydrogen-bond acceptors (Lipinski definition) is 4. The maximum atomic E-state index is 11.5. The van der Waals surface area contributed by atoms with E-state index >= 15 is 0 Å². The average Bonchev–Trinajstić information content (AvgIpc) is 2.36. The zero-order chi connectivity index (χ0) is 15.9. The number of ether oxygens (including phenoxy) is 1. The summed E-state index contributed by atoms with van der Waals surface area (Å²) in [5.41, 5.74) is 1.04. The number of carbonyl (C=O) groups excluding carboxylic acids is 1. The van der Waals surface area contributed by atoms with Crippen LogP contribution in [0.4, 0.5) is 0 Å². The van der Waals surface area contributed by atoms with Gasteiger partial charge in [-0.05, 0) is 46.8 Å². The first-order chi connectivity index (χ1) is 9.76. The Balaban J connectivity index is 2.33. The van der Waals surface area contributed by atoms with Crippen LogP contribution in [0.15, 0.2) is 18.3 Å². The molecule has 0 unspecified atom stereocenters. The maximum Gasteiger partial charge on any atom is 0.223 e. The normalized spacial score (nSPS) is 11.5. The Labute approximate surface area is 127 Å². The first-order valence-corrected chi connectivity index (χ1v) is 7.38. The third-order valence-electron chi connectivity index (χ3n) is 2.64. The molecule has 1 aromatic rings. The Morgan fingerprint density at radius 3 is 2.57 bits per heavy atom. The summed E-state index contributed by atoms with van der Waals surface area (Å²) < 4.78 is 5.51. The van der Waals surface area contributed by atoms with Crippen LogP contribution in [0.3, 0.4) is 0 Å². The Morgan fingerprint density at radius 2 is 2.05 bits per heavy atom. The molecule has 118 valence electrons. The van der Waals surface area contributed by atoms with Crippen LogP contribution in [0.2, 0.25) is 0 Å². The van der Waals surface area contributed by atoms with Crippen LogP contribution < -0.4 is 15.4 Å². The number of pyridine rings is 1. The summed E-state index contributed by atoms with van der Waals surface area (Å²) in [4.78, 5) is 15.8. The van der Waals surface area contributed by atoms with Gasteiger partial charge in [0.25, 0.3) is 0 Å². The van der Waals surface area contributed by atoms with E-state index in [0.29, 0.717) is 18.8 Å². The molecule has 5 nitrogen and oxygen atoms in total. The Morgan fingerprint density at radius 1 is 1.33 bits per heavy atom. The lowest BCUT2D eigenvalue weighted by molar-refractivity contribution is -0.122. The summed E-state index contributed by atoms with van der Waals surface area (Å²) in [5.74, 6) is 0.691. The molecular weight excluding hydrogens is 266 g/mol. The molecule has 0 radical (unpaired) electrons. The summed E-state index contributed by atoms with van der Waals surface area (Å²) in [7, 11) is 0. The molecule has 0 saturated carbocycles. The summed E-state index contributed by atoms with van der Waals surface area (Å²) in [5, 5.41) is 6.20. The van der Waals surface area contributed by atoms with Crippen LogP contribution in [0, 0.1) is 0 Å². The summed E-state index contributed by atoms with van der Waals surface area (Å²) in [6.45, 7) is 11.3. The molecule has 21 heavy (non-hydrogen) atoms. The molecule has 0 bridgehead atoms. The van der Waals surface area contributed by atoms with Crippen molar-refractivity contribution in [1.82, 2.24) is 15.6 Å². The van der Waals surface area contributed by atoms with Gasteiger partial charge in [-0.2, -0.15) is 0 Å². The second kappa shape index (κ2) is 7.98. The van der Waals surface area contributed by atoms with E-state index in [2.05, 4.69) is 36.4 Å². The smallest absolute Gasteiger partial charge is 0.223 e. The van der Waals surface area contributed by atoms with Gasteiger partial charge in [-0.25, -0.2) is 0 Å². The minimum atomic E-state index is 0.00366. The molecule has 0 aromatic carbocycles. The number of aromatic nitrogens is 1. The number of nitrogens with zero attached hydrogens (tertiary/aromatic N) is 1. The molecule has 5 heteroatoms. The van der Waals surface area contributed by atoms with Gasteiger partial charge in [0, 0.05) is 18.1 Å². The van der Waals surface area contributed by atoms with Crippen LogP contribution in [-0.2, 0) is 11.3 Å². The van der Waals surface area contributed by atoms with Gasteiger partial charge in [-0.15, -0.1) is 0 Å². The second-order valence-corrected chi connectivity index (χ2v) is 6.41. The van der Waals surface area contributed by atoms with Crippen molar-refractivity contribution in [3.63, 3.8) is 0 Å². The SMILES string of the molecule is CC(C)NC(=O)CCOc1ccc(CNC(C)(C)C)nc1. The molecule has 0 fully saturated rings. The molecule has 0 aliphatic heterocycles. The Hall–Kier alpha value is -1.62. The van der Waals surface area contributed by atoms with E-state index in [9.17, 15) is 4.79 Å². The summed E-state index contributed by atoms with van der Waals surface area (Å²) in [6.07, 6.45) is 2.05. The first kappa shape index (κ1) is 17.4. The van der Waals surface area contributed by atoms with Crippen molar-refractivity contribution in [3.05, 3.63) is 24.0 Å². The van der Waals surface area contributed by atoms with E-state index in [0.717, 1.165) is 12.2 Å². The fraction of sp³-hybridized carbons (Fsp3) is 0.625. The van der Waals surface area contributed by atoms with E-state index in [1.165, 1.54) is 0 Å². The monoisotopic (exact) mass is 293 g/mol. The van der Waals surface area contributed by atoms with Crippen molar-refractivity contribution < 1.29 is 9.53 Å². The minimum Gasteiger partial charge on any atom is -0.491 e.